The summed E-state index contributed by atoms with van der Waals surface area (Å²) in [6.07, 6.45) is 0.421. The van der Waals surface area contributed by atoms with E-state index in [1.807, 2.05) is 0 Å². The van der Waals surface area contributed by atoms with E-state index < -0.39 is 13.4 Å². The van der Waals surface area contributed by atoms with Gasteiger partial charge in [-0.2, -0.15) is 0 Å². The fourth-order valence-electron chi connectivity index (χ4n) is 1.84. The van der Waals surface area contributed by atoms with Crippen molar-refractivity contribution in [2.24, 2.45) is 0 Å². The Balaban J connectivity index is 2.27. The first-order valence-electron chi connectivity index (χ1n) is 5.07. The second-order valence-corrected chi connectivity index (χ2v) is 3.99. The molecule has 88 valence electrons. The lowest BCUT2D eigenvalue weighted by Crippen LogP contribution is -2.47. The number of halogens is 3. The Hall–Kier alpha value is -0.715. The van der Waals surface area contributed by atoms with Crippen molar-refractivity contribution in [1.82, 2.24) is 10.2 Å². The summed E-state index contributed by atoms with van der Waals surface area (Å²) in [5, 5.41) is 2.72. The van der Waals surface area contributed by atoms with E-state index in [1.54, 1.807) is 0 Å². The minimum Gasteiger partial charge on any atom is -0.448 e. The Morgan fingerprint density at radius 2 is 1.93 bits per heavy atom. The average molecular weight is 223 g/mol. The molecule has 0 atom stereocenters. The largest absolute Gasteiger partial charge is 0.492 e. The van der Waals surface area contributed by atoms with Gasteiger partial charge >= 0.3 is 6.98 Å². The molecule has 0 saturated carbocycles. The third-order valence-electron chi connectivity index (χ3n) is 2.46. The summed E-state index contributed by atoms with van der Waals surface area (Å²) in [6.45, 7) is -2.49. The molecule has 0 aromatic carbocycles. The van der Waals surface area contributed by atoms with Crippen LogP contribution in [0.3, 0.4) is 0 Å². The second-order valence-electron chi connectivity index (χ2n) is 3.99. The lowest BCUT2D eigenvalue weighted by molar-refractivity contribution is -0.119. The predicted molar refractivity (Wildman–Crippen MR) is 52.4 cm³/mol. The molecule has 1 aliphatic rings. The summed E-state index contributed by atoms with van der Waals surface area (Å²) in [4.78, 5) is 12.1. The number of hydrogen-bond donors (Lipinski definition) is 1. The fourth-order valence-corrected chi connectivity index (χ4v) is 1.84. The van der Waals surface area contributed by atoms with Gasteiger partial charge < -0.3 is 23.2 Å². The summed E-state index contributed by atoms with van der Waals surface area (Å²) in [7, 11) is 0. The van der Waals surface area contributed by atoms with Gasteiger partial charge in [-0.15, -0.1) is 0 Å². The standard InChI is InChI=1S/C8H15BF3N2O/c1-7(15)13-8-2-4-14(5-3-8)6-9(10,11)12/h8H,2-6H2,1H3,(H,13,15)/q-1. The molecule has 1 fully saturated rings. The van der Waals surface area contributed by atoms with Gasteiger partial charge in [0.2, 0.25) is 5.91 Å². The minimum atomic E-state index is -4.73. The van der Waals surface area contributed by atoms with Crippen LogP contribution in [0.2, 0.25) is 0 Å². The number of carbonyl (C=O) groups is 1. The third-order valence-corrected chi connectivity index (χ3v) is 2.46. The molecule has 0 radical (unpaired) electrons. The van der Waals surface area contributed by atoms with E-state index in [1.165, 1.54) is 11.8 Å². The molecule has 1 amide bonds. The van der Waals surface area contributed by atoms with Crippen molar-refractivity contribution in [1.29, 1.82) is 0 Å². The van der Waals surface area contributed by atoms with Crippen LogP contribution in [0.25, 0.3) is 0 Å². The van der Waals surface area contributed by atoms with E-state index >= 15 is 0 Å². The van der Waals surface area contributed by atoms with Crippen LogP contribution in [0.15, 0.2) is 0 Å². The topological polar surface area (TPSA) is 32.3 Å². The van der Waals surface area contributed by atoms with Gasteiger partial charge in [0.1, 0.15) is 0 Å². The van der Waals surface area contributed by atoms with Crippen LogP contribution in [-0.4, -0.2) is 43.4 Å². The summed E-state index contributed by atoms with van der Waals surface area (Å²) in [5.41, 5.74) is 0. The van der Waals surface area contributed by atoms with Crippen molar-refractivity contribution in [2.45, 2.75) is 25.8 Å². The van der Waals surface area contributed by atoms with Gasteiger partial charge in [-0.25, -0.2) is 0 Å². The van der Waals surface area contributed by atoms with Gasteiger partial charge in [0, 0.05) is 13.0 Å². The monoisotopic (exact) mass is 223 g/mol. The van der Waals surface area contributed by atoms with Crippen molar-refractivity contribution in [2.75, 3.05) is 19.5 Å². The normalized spacial score (nSPS) is 20.3. The number of carbonyl (C=O) groups excluding carboxylic acids is 1. The summed E-state index contributed by atoms with van der Waals surface area (Å²) in [6, 6.07) is 0.0412. The molecule has 0 bridgehead atoms. The zero-order valence-electron chi connectivity index (χ0n) is 8.68. The maximum Gasteiger partial charge on any atom is 0.492 e. The first-order valence-corrected chi connectivity index (χ1v) is 5.07. The number of nitrogens with one attached hydrogen (secondary N) is 1. The number of nitrogens with zero attached hydrogens (tertiary/aromatic N) is 1. The van der Waals surface area contributed by atoms with Gasteiger partial charge in [-0.05, 0) is 32.4 Å². The Bertz CT molecular complexity index is 226. The van der Waals surface area contributed by atoms with Gasteiger partial charge in [0.25, 0.3) is 0 Å². The number of likely N-dealkylation sites (tertiary alicyclic amines) is 1. The van der Waals surface area contributed by atoms with E-state index in [4.69, 9.17) is 0 Å². The van der Waals surface area contributed by atoms with Crippen molar-refractivity contribution in [3.63, 3.8) is 0 Å². The van der Waals surface area contributed by atoms with Crippen LogP contribution >= 0.6 is 0 Å². The lowest BCUT2D eigenvalue weighted by Gasteiger charge is -2.35. The van der Waals surface area contributed by atoms with Crippen LogP contribution in [0.1, 0.15) is 19.8 Å². The van der Waals surface area contributed by atoms with Gasteiger partial charge in [-0.1, -0.05) is 0 Å². The maximum absolute atomic E-state index is 12.1. The Morgan fingerprint density at radius 1 is 1.40 bits per heavy atom. The third kappa shape index (κ3) is 5.06. The molecule has 0 aromatic rings. The van der Waals surface area contributed by atoms with Crippen molar-refractivity contribution in [3.05, 3.63) is 0 Å². The van der Waals surface area contributed by atoms with Crippen LogP contribution in [0.4, 0.5) is 12.9 Å². The molecule has 0 aliphatic carbocycles. The molecule has 1 aliphatic heterocycles. The molecule has 0 aromatic heterocycles. The number of piperidine rings is 1. The quantitative estimate of drug-likeness (QED) is 0.723. The lowest BCUT2D eigenvalue weighted by atomic mass is 9.89. The molecular formula is C8H15BF3N2O-. The highest BCUT2D eigenvalue weighted by atomic mass is 19.4. The molecule has 7 heteroatoms. The highest BCUT2D eigenvalue weighted by molar-refractivity contribution is 6.58. The van der Waals surface area contributed by atoms with Crippen LogP contribution in [-0.2, 0) is 4.79 Å². The number of amides is 1. The predicted octanol–water partition coefficient (Wildman–Crippen LogP) is 0.974. The Labute approximate surface area is 87.1 Å². The molecule has 15 heavy (non-hydrogen) atoms. The van der Waals surface area contributed by atoms with Crippen molar-refractivity contribution >= 4 is 12.9 Å². The van der Waals surface area contributed by atoms with Crippen LogP contribution in [0, 0.1) is 0 Å². The Kier molecular flexibility index (Phi) is 4.01. The first kappa shape index (κ1) is 12.4. The molecule has 0 unspecified atom stereocenters. The van der Waals surface area contributed by atoms with Gasteiger partial charge in [0.15, 0.2) is 0 Å². The summed E-state index contributed by atoms with van der Waals surface area (Å²) < 4.78 is 36.3. The minimum absolute atomic E-state index is 0.0412. The molecule has 0 spiro atoms. The van der Waals surface area contributed by atoms with E-state index in [0.29, 0.717) is 25.9 Å². The van der Waals surface area contributed by atoms with E-state index in [9.17, 15) is 17.7 Å². The first-order chi connectivity index (χ1) is 6.87. The molecular weight excluding hydrogens is 208 g/mol. The zero-order chi connectivity index (χ0) is 11.5. The SMILES string of the molecule is CC(=O)NC1CCN(C[B-](F)(F)F)CC1. The highest BCUT2D eigenvalue weighted by Crippen LogP contribution is 2.15. The maximum atomic E-state index is 12.1. The fraction of sp³-hybridized carbons (Fsp3) is 0.875. The summed E-state index contributed by atoms with van der Waals surface area (Å²) in [5.74, 6) is -0.117. The average Bonchev–Trinajstić information content (AvgIpc) is 2.05. The van der Waals surface area contributed by atoms with E-state index in [0.717, 1.165) is 0 Å². The van der Waals surface area contributed by atoms with Crippen molar-refractivity contribution in [3.8, 4) is 0 Å². The van der Waals surface area contributed by atoms with E-state index in [-0.39, 0.29) is 11.9 Å². The van der Waals surface area contributed by atoms with Gasteiger partial charge in [0.05, 0.1) is 0 Å². The Morgan fingerprint density at radius 3 is 2.33 bits per heavy atom. The molecule has 1 rings (SSSR count). The van der Waals surface area contributed by atoms with Crippen LogP contribution in [0.5, 0.6) is 0 Å². The zero-order valence-corrected chi connectivity index (χ0v) is 8.68. The molecule has 1 N–H and O–H groups in total. The van der Waals surface area contributed by atoms with Crippen molar-refractivity contribution < 1.29 is 17.7 Å². The second kappa shape index (κ2) is 4.87. The van der Waals surface area contributed by atoms with E-state index in [2.05, 4.69) is 5.32 Å². The highest BCUT2D eigenvalue weighted by Gasteiger charge is 2.28. The number of hydrogen-bond acceptors (Lipinski definition) is 2. The molecule has 3 nitrogen and oxygen atoms in total. The smallest absolute Gasteiger partial charge is 0.448 e. The number of rotatable bonds is 3. The molecule has 1 heterocycles. The van der Waals surface area contributed by atoms with Crippen LogP contribution < -0.4 is 5.32 Å². The van der Waals surface area contributed by atoms with Gasteiger partial charge in [-0.3, -0.25) is 4.79 Å². The molecule has 1 saturated heterocycles. The summed E-state index contributed by atoms with van der Waals surface area (Å²) >= 11 is 0.